The Hall–Kier alpha value is -1.55. The van der Waals surface area contributed by atoms with Crippen LogP contribution in [-0.2, 0) is 4.79 Å². The molecule has 1 aromatic rings. The summed E-state index contributed by atoms with van der Waals surface area (Å²) in [6.45, 7) is 13.9. The second-order valence-corrected chi connectivity index (χ2v) is 7.57. The fourth-order valence-corrected chi connectivity index (χ4v) is 2.27. The first-order valence-electron chi connectivity index (χ1n) is 7.16. The number of allylic oxidation sites excluding steroid dienone is 1. The van der Waals surface area contributed by atoms with Crippen LogP contribution in [0, 0.1) is 11.2 Å². The molecule has 0 aliphatic rings. The van der Waals surface area contributed by atoms with Crippen molar-refractivity contribution in [2.75, 3.05) is 11.4 Å². The highest BCUT2D eigenvalue weighted by molar-refractivity contribution is 8.05. The fraction of sp³-hybridized carbons (Fsp3) is 0.389. The monoisotopic (exact) mass is 321 g/mol. The van der Waals surface area contributed by atoms with Crippen LogP contribution in [-0.4, -0.2) is 12.5 Å². The summed E-state index contributed by atoms with van der Waals surface area (Å²) in [6.07, 6.45) is 0. The molecule has 0 spiro atoms. The maximum Gasteiger partial charge on any atom is 0.232 e. The first-order chi connectivity index (χ1) is 10.1. The van der Waals surface area contributed by atoms with Gasteiger partial charge in [0.1, 0.15) is 5.82 Å². The first kappa shape index (κ1) is 18.5. The molecule has 0 aliphatic carbocycles. The quantitative estimate of drug-likeness (QED) is 0.726. The van der Waals surface area contributed by atoms with Crippen molar-refractivity contribution in [3.8, 4) is 0 Å². The Morgan fingerprint density at radius 1 is 1.27 bits per heavy atom. The zero-order valence-corrected chi connectivity index (χ0v) is 14.8. The average Bonchev–Trinajstić information content (AvgIpc) is 2.42. The molecule has 0 saturated carbocycles. The summed E-state index contributed by atoms with van der Waals surface area (Å²) in [4.78, 5) is 15.4. The van der Waals surface area contributed by atoms with E-state index in [0.717, 1.165) is 10.5 Å². The SMILES string of the molecule is C=C(C)S/C=C(\C)CN(C(=O)C(C)(C)C)c1ccc(F)cc1. The van der Waals surface area contributed by atoms with Crippen molar-refractivity contribution in [3.05, 3.63) is 52.5 Å². The van der Waals surface area contributed by atoms with Crippen molar-refractivity contribution in [3.63, 3.8) is 0 Å². The van der Waals surface area contributed by atoms with E-state index in [2.05, 4.69) is 6.58 Å². The lowest BCUT2D eigenvalue weighted by molar-refractivity contribution is -0.125. The lowest BCUT2D eigenvalue weighted by Gasteiger charge is -2.30. The topological polar surface area (TPSA) is 20.3 Å². The Labute approximate surface area is 137 Å². The van der Waals surface area contributed by atoms with E-state index in [-0.39, 0.29) is 11.7 Å². The van der Waals surface area contributed by atoms with Gasteiger partial charge in [0.25, 0.3) is 0 Å². The van der Waals surface area contributed by atoms with Crippen LogP contribution >= 0.6 is 11.8 Å². The van der Waals surface area contributed by atoms with Gasteiger partial charge in [-0.15, -0.1) is 11.8 Å². The third kappa shape index (κ3) is 5.68. The second kappa shape index (κ2) is 7.63. The van der Waals surface area contributed by atoms with E-state index in [9.17, 15) is 9.18 Å². The number of amides is 1. The zero-order chi connectivity index (χ0) is 16.9. The highest BCUT2D eigenvalue weighted by Crippen LogP contribution is 2.25. The molecule has 0 heterocycles. The molecule has 0 unspecified atom stereocenters. The van der Waals surface area contributed by atoms with Crippen LogP contribution < -0.4 is 4.90 Å². The summed E-state index contributed by atoms with van der Waals surface area (Å²) < 4.78 is 13.1. The molecule has 0 saturated heterocycles. The van der Waals surface area contributed by atoms with Gasteiger partial charge in [-0.1, -0.05) is 27.4 Å². The standard InChI is InChI=1S/C18H24FNOS/c1-13(2)22-12-14(3)11-20(17(21)18(4,5)6)16-9-7-15(19)8-10-16/h7-10,12H,1,11H2,2-6H3/b14-12+. The molecular weight excluding hydrogens is 297 g/mol. The lowest BCUT2D eigenvalue weighted by atomic mass is 9.94. The van der Waals surface area contributed by atoms with Crippen molar-refractivity contribution in [1.29, 1.82) is 0 Å². The maximum absolute atomic E-state index is 13.1. The van der Waals surface area contributed by atoms with Crippen molar-refractivity contribution in [2.45, 2.75) is 34.6 Å². The molecule has 1 amide bonds. The minimum absolute atomic E-state index is 0.00665. The van der Waals surface area contributed by atoms with Gasteiger partial charge >= 0.3 is 0 Å². The molecule has 2 nitrogen and oxygen atoms in total. The van der Waals surface area contributed by atoms with Crippen molar-refractivity contribution in [2.24, 2.45) is 5.41 Å². The summed E-state index contributed by atoms with van der Waals surface area (Å²) in [5, 5.41) is 1.99. The highest BCUT2D eigenvalue weighted by Gasteiger charge is 2.28. The molecule has 0 radical (unpaired) electrons. The van der Waals surface area contributed by atoms with E-state index in [1.165, 1.54) is 12.1 Å². The summed E-state index contributed by atoms with van der Waals surface area (Å²) in [5.74, 6) is -0.302. The number of carbonyl (C=O) groups is 1. The molecule has 1 rings (SSSR count). The predicted molar refractivity (Wildman–Crippen MR) is 94.4 cm³/mol. The van der Waals surface area contributed by atoms with Crippen LogP contribution in [0.1, 0.15) is 34.6 Å². The van der Waals surface area contributed by atoms with E-state index >= 15 is 0 Å². The molecule has 0 bridgehead atoms. The van der Waals surface area contributed by atoms with E-state index < -0.39 is 5.41 Å². The van der Waals surface area contributed by atoms with Gasteiger partial charge in [-0.05, 0) is 54.0 Å². The minimum atomic E-state index is -0.504. The molecule has 0 atom stereocenters. The number of hydrogen-bond acceptors (Lipinski definition) is 2. The summed E-state index contributed by atoms with van der Waals surface area (Å²) in [7, 11) is 0. The lowest BCUT2D eigenvalue weighted by Crippen LogP contribution is -2.40. The molecule has 120 valence electrons. The van der Waals surface area contributed by atoms with Crippen LogP contribution in [0.4, 0.5) is 10.1 Å². The number of carbonyl (C=O) groups excluding carboxylic acids is 1. The third-order valence-electron chi connectivity index (χ3n) is 2.89. The van der Waals surface area contributed by atoms with E-state index in [1.54, 1.807) is 28.8 Å². The summed E-state index contributed by atoms with van der Waals surface area (Å²) in [6, 6.07) is 6.02. The molecule has 22 heavy (non-hydrogen) atoms. The number of nitrogens with zero attached hydrogens (tertiary/aromatic N) is 1. The Morgan fingerprint density at radius 2 is 1.82 bits per heavy atom. The maximum atomic E-state index is 13.1. The molecule has 4 heteroatoms. The van der Waals surface area contributed by atoms with Crippen LogP contribution in [0.2, 0.25) is 0 Å². The van der Waals surface area contributed by atoms with Crippen molar-refractivity contribution >= 4 is 23.4 Å². The molecule has 0 N–H and O–H groups in total. The molecular formula is C18H24FNOS. The van der Waals surface area contributed by atoms with Crippen molar-refractivity contribution < 1.29 is 9.18 Å². The van der Waals surface area contributed by atoms with Crippen LogP contribution in [0.5, 0.6) is 0 Å². The van der Waals surface area contributed by atoms with Gasteiger partial charge in [-0.25, -0.2) is 4.39 Å². The van der Waals surface area contributed by atoms with E-state index in [0.29, 0.717) is 12.2 Å². The minimum Gasteiger partial charge on any atom is -0.308 e. The first-order valence-corrected chi connectivity index (χ1v) is 8.04. The van der Waals surface area contributed by atoms with Gasteiger partial charge in [0, 0.05) is 17.6 Å². The van der Waals surface area contributed by atoms with E-state index in [1.807, 2.05) is 40.0 Å². The molecule has 0 aromatic heterocycles. The van der Waals surface area contributed by atoms with Gasteiger partial charge < -0.3 is 4.90 Å². The fourth-order valence-electron chi connectivity index (χ4n) is 1.79. The number of halogens is 1. The van der Waals surface area contributed by atoms with Gasteiger partial charge in [0.05, 0.1) is 0 Å². The third-order valence-corrected chi connectivity index (χ3v) is 3.82. The summed E-state index contributed by atoms with van der Waals surface area (Å²) >= 11 is 1.54. The average molecular weight is 321 g/mol. The predicted octanol–water partition coefficient (Wildman–Crippen LogP) is 5.38. The van der Waals surface area contributed by atoms with Crippen LogP contribution in [0.15, 0.2) is 46.7 Å². The number of rotatable bonds is 5. The second-order valence-electron chi connectivity index (χ2n) is 6.40. The van der Waals surface area contributed by atoms with Gasteiger partial charge in [0.2, 0.25) is 5.91 Å². The molecule has 1 aromatic carbocycles. The van der Waals surface area contributed by atoms with E-state index in [4.69, 9.17) is 0 Å². The largest absolute Gasteiger partial charge is 0.308 e. The number of thioether (sulfide) groups is 1. The Morgan fingerprint density at radius 3 is 2.27 bits per heavy atom. The van der Waals surface area contributed by atoms with Gasteiger partial charge in [-0.3, -0.25) is 4.79 Å². The number of hydrogen-bond donors (Lipinski definition) is 0. The highest BCUT2D eigenvalue weighted by atomic mass is 32.2. The zero-order valence-electron chi connectivity index (χ0n) is 13.9. The van der Waals surface area contributed by atoms with Gasteiger partial charge in [-0.2, -0.15) is 0 Å². The smallest absolute Gasteiger partial charge is 0.232 e. The van der Waals surface area contributed by atoms with Gasteiger partial charge in [0.15, 0.2) is 0 Å². The molecule has 0 aliphatic heterocycles. The summed E-state index contributed by atoms with van der Waals surface area (Å²) in [5.41, 5.74) is 1.25. The normalized spacial score (nSPS) is 12.2. The van der Waals surface area contributed by atoms with Crippen LogP contribution in [0.3, 0.4) is 0 Å². The Bertz CT molecular complexity index is 570. The molecule has 0 fully saturated rings. The van der Waals surface area contributed by atoms with Crippen molar-refractivity contribution in [1.82, 2.24) is 0 Å². The number of benzene rings is 1. The Balaban J connectivity index is 3.07. The van der Waals surface area contributed by atoms with Crippen LogP contribution in [0.25, 0.3) is 0 Å². The Kier molecular flexibility index (Phi) is 6.42. The number of anilines is 1.